The SMILES string of the molecule is CC(=O)Oc1ccc(-c2c[o+]c3cc(OC(C)=O)ccc3c2)cc1. The highest BCUT2D eigenvalue weighted by Gasteiger charge is 2.12. The minimum atomic E-state index is -0.376. The van der Waals surface area contributed by atoms with Crippen LogP contribution < -0.4 is 9.47 Å². The van der Waals surface area contributed by atoms with Gasteiger partial charge in [-0.05, 0) is 35.9 Å². The second-order valence-electron chi connectivity index (χ2n) is 5.25. The quantitative estimate of drug-likeness (QED) is 0.410. The van der Waals surface area contributed by atoms with Crippen LogP contribution in [0.1, 0.15) is 13.8 Å². The molecule has 0 aliphatic carbocycles. The molecule has 3 rings (SSSR count). The molecular formula is C19H15O5+. The summed E-state index contributed by atoms with van der Waals surface area (Å²) in [6, 6.07) is 14.3. The zero-order valence-electron chi connectivity index (χ0n) is 13.2. The Morgan fingerprint density at radius 1 is 0.792 bits per heavy atom. The predicted octanol–water partition coefficient (Wildman–Crippen LogP) is 4.23. The van der Waals surface area contributed by atoms with Gasteiger partial charge in [-0.15, -0.1) is 0 Å². The molecule has 1 heterocycles. The first-order valence-electron chi connectivity index (χ1n) is 7.34. The molecular weight excluding hydrogens is 308 g/mol. The van der Waals surface area contributed by atoms with E-state index in [0.29, 0.717) is 17.1 Å². The summed E-state index contributed by atoms with van der Waals surface area (Å²) in [6.45, 7) is 2.71. The Bertz CT molecular complexity index is 913. The van der Waals surface area contributed by atoms with Crippen LogP contribution in [0.5, 0.6) is 11.5 Å². The second kappa shape index (κ2) is 6.50. The minimum absolute atomic E-state index is 0.355. The number of fused-ring (bicyclic) bond motifs is 1. The van der Waals surface area contributed by atoms with E-state index in [2.05, 4.69) is 0 Å². The third-order valence-electron chi connectivity index (χ3n) is 3.32. The van der Waals surface area contributed by atoms with Gasteiger partial charge in [0.05, 0.1) is 17.0 Å². The molecule has 0 spiro atoms. The minimum Gasteiger partial charge on any atom is -0.427 e. The van der Waals surface area contributed by atoms with Gasteiger partial charge in [-0.25, -0.2) is 4.42 Å². The third kappa shape index (κ3) is 3.57. The Morgan fingerprint density at radius 3 is 2.08 bits per heavy atom. The van der Waals surface area contributed by atoms with Crippen LogP contribution in [0.2, 0.25) is 0 Å². The highest BCUT2D eigenvalue weighted by molar-refractivity contribution is 5.83. The second-order valence-corrected chi connectivity index (χ2v) is 5.25. The van der Waals surface area contributed by atoms with E-state index in [0.717, 1.165) is 16.5 Å². The van der Waals surface area contributed by atoms with Crippen molar-refractivity contribution >= 4 is 22.9 Å². The molecule has 5 nitrogen and oxygen atoms in total. The van der Waals surface area contributed by atoms with Crippen molar-refractivity contribution in [1.29, 1.82) is 0 Å². The average molecular weight is 323 g/mol. The first-order chi connectivity index (χ1) is 11.5. The molecule has 0 saturated heterocycles. The number of carbonyl (C=O) groups is 2. The molecule has 2 aromatic carbocycles. The fourth-order valence-corrected chi connectivity index (χ4v) is 2.33. The largest absolute Gasteiger partial charge is 0.427 e. The normalized spacial score (nSPS) is 10.4. The van der Waals surface area contributed by atoms with Gasteiger partial charge in [0.25, 0.3) is 0 Å². The molecule has 0 atom stereocenters. The summed E-state index contributed by atoms with van der Waals surface area (Å²) in [4.78, 5) is 21.9. The number of hydrogen-bond donors (Lipinski definition) is 0. The van der Waals surface area contributed by atoms with Crippen molar-refractivity contribution in [3.8, 4) is 22.6 Å². The molecule has 0 N–H and O–H groups in total. The Balaban J connectivity index is 1.90. The van der Waals surface area contributed by atoms with Gasteiger partial charge in [-0.2, -0.15) is 0 Å². The molecule has 1 aromatic heterocycles. The number of hydrogen-bond acceptors (Lipinski definition) is 4. The highest BCUT2D eigenvalue weighted by Crippen LogP contribution is 2.28. The van der Waals surface area contributed by atoms with E-state index in [1.165, 1.54) is 13.8 Å². The molecule has 24 heavy (non-hydrogen) atoms. The van der Waals surface area contributed by atoms with Gasteiger partial charge >= 0.3 is 23.8 Å². The van der Waals surface area contributed by atoms with Gasteiger partial charge in [-0.1, -0.05) is 12.1 Å². The molecule has 3 aromatic rings. The summed E-state index contributed by atoms with van der Waals surface area (Å²) < 4.78 is 15.7. The molecule has 120 valence electrons. The van der Waals surface area contributed by atoms with Gasteiger partial charge in [0, 0.05) is 13.8 Å². The van der Waals surface area contributed by atoms with Gasteiger partial charge < -0.3 is 9.47 Å². The lowest BCUT2D eigenvalue weighted by molar-refractivity contribution is -0.132. The van der Waals surface area contributed by atoms with Gasteiger partial charge in [0.2, 0.25) is 0 Å². The van der Waals surface area contributed by atoms with E-state index in [-0.39, 0.29) is 11.9 Å². The molecule has 0 unspecified atom stereocenters. The fraction of sp³-hybridized carbons (Fsp3) is 0.105. The lowest BCUT2D eigenvalue weighted by atomic mass is 10.1. The van der Waals surface area contributed by atoms with Crippen LogP contribution in [0.15, 0.2) is 59.2 Å². The summed E-state index contributed by atoms with van der Waals surface area (Å²) in [7, 11) is 0. The van der Waals surface area contributed by atoms with Crippen LogP contribution >= 0.6 is 0 Å². The van der Waals surface area contributed by atoms with Gasteiger partial charge in [0.1, 0.15) is 11.5 Å². The van der Waals surface area contributed by atoms with Crippen molar-refractivity contribution in [2.24, 2.45) is 0 Å². The third-order valence-corrected chi connectivity index (χ3v) is 3.32. The molecule has 0 fully saturated rings. The van der Waals surface area contributed by atoms with Crippen molar-refractivity contribution in [2.75, 3.05) is 0 Å². The summed E-state index contributed by atoms with van der Waals surface area (Å²) in [5.41, 5.74) is 2.44. The van der Waals surface area contributed by atoms with Gasteiger partial charge in [-0.3, -0.25) is 9.59 Å². The molecule has 0 amide bonds. The van der Waals surface area contributed by atoms with E-state index in [9.17, 15) is 9.59 Å². The maximum Gasteiger partial charge on any atom is 0.363 e. The molecule has 0 saturated carbocycles. The average Bonchev–Trinajstić information content (AvgIpc) is 2.54. The van der Waals surface area contributed by atoms with Crippen molar-refractivity contribution in [1.82, 2.24) is 0 Å². The lowest BCUT2D eigenvalue weighted by Gasteiger charge is -2.03. The number of rotatable bonds is 3. The number of ether oxygens (including phenoxy) is 2. The molecule has 0 aliphatic rings. The smallest absolute Gasteiger partial charge is 0.363 e. The Labute approximate surface area is 138 Å². The van der Waals surface area contributed by atoms with E-state index in [4.69, 9.17) is 13.9 Å². The van der Waals surface area contributed by atoms with Crippen LogP contribution in [0, 0.1) is 0 Å². The zero-order chi connectivity index (χ0) is 17.1. The van der Waals surface area contributed by atoms with E-state index in [1.807, 2.05) is 24.3 Å². The molecule has 5 heteroatoms. The Kier molecular flexibility index (Phi) is 4.24. The van der Waals surface area contributed by atoms with Crippen molar-refractivity contribution in [3.63, 3.8) is 0 Å². The van der Waals surface area contributed by atoms with Gasteiger partial charge in [0.15, 0.2) is 0 Å². The van der Waals surface area contributed by atoms with E-state index >= 15 is 0 Å². The highest BCUT2D eigenvalue weighted by atomic mass is 16.5. The molecule has 0 aliphatic heterocycles. The molecule has 0 radical (unpaired) electrons. The van der Waals surface area contributed by atoms with Crippen LogP contribution in [0.25, 0.3) is 22.1 Å². The standard InChI is InChI=1S/C19H15O5/c1-12(20)23-17-6-3-14(4-7-17)16-9-15-5-8-18(24-13(2)21)10-19(15)22-11-16/h3-11H,1-2H3/q+1. The number of benzene rings is 2. The van der Waals surface area contributed by atoms with Crippen LogP contribution in [0.3, 0.4) is 0 Å². The Hall–Kier alpha value is -3.21. The van der Waals surface area contributed by atoms with Crippen LogP contribution in [0.4, 0.5) is 0 Å². The summed E-state index contributed by atoms with van der Waals surface area (Å²) in [5.74, 6) is 0.207. The monoisotopic (exact) mass is 323 g/mol. The van der Waals surface area contributed by atoms with Crippen molar-refractivity contribution < 1.29 is 23.5 Å². The number of esters is 2. The summed E-state index contributed by atoms with van der Waals surface area (Å²) >= 11 is 0. The fourth-order valence-electron chi connectivity index (χ4n) is 2.33. The summed E-state index contributed by atoms with van der Waals surface area (Å²) in [5, 5.41) is 0.882. The van der Waals surface area contributed by atoms with Crippen LogP contribution in [-0.2, 0) is 9.59 Å². The van der Waals surface area contributed by atoms with Crippen molar-refractivity contribution in [3.05, 3.63) is 54.8 Å². The predicted molar refractivity (Wildman–Crippen MR) is 88.7 cm³/mol. The maximum absolute atomic E-state index is 11.0. The van der Waals surface area contributed by atoms with Crippen molar-refractivity contribution in [2.45, 2.75) is 13.8 Å². The van der Waals surface area contributed by atoms with Crippen LogP contribution in [-0.4, -0.2) is 11.9 Å². The first-order valence-corrected chi connectivity index (χ1v) is 7.34. The lowest BCUT2D eigenvalue weighted by Crippen LogP contribution is -2.01. The number of carbonyl (C=O) groups excluding carboxylic acids is 2. The van der Waals surface area contributed by atoms with E-state index in [1.54, 1.807) is 30.5 Å². The first kappa shape index (κ1) is 15.7. The molecule has 0 bridgehead atoms. The summed E-state index contributed by atoms with van der Waals surface area (Å²) in [6.07, 6.45) is 1.63. The Morgan fingerprint density at radius 2 is 1.42 bits per heavy atom. The van der Waals surface area contributed by atoms with E-state index < -0.39 is 0 Å². The maximum atomic E-state index is 11.0. The topological polar surface area (TPSA) is 63.9 Å². The zero-order valence-corrected chi connectivity index (χ0v) is 13.2.